The summed E-state index contributed by atoms with van der Waals surface area (Å²) in [5.74, 6) is 4.71. The minimum atomic E-state index is -0.744. The van der Waals surface area contributed by atoms with Crippen LogP contribution in [0.2, 0.25) is 0 Å². The highest BCUT2D eigenvalue weighted by Crippen LogP contribution is 2.68. The zero-order valence-electron chi connectivity index (χ0n) is 21.4. The average Bonchev–Trinajstić information content (AvgIpc) is 3.07. The fourth-order valence-electron chi connectivity index (χ4n) is 9.21. The van der Waals surface area contributed by atoms with Crippen molar-refractivity contribution in [3.63, 3.8) is 0 Å². The number of hydrogen-bond donors (Lipinski definition) is 1. The lowest BCUT2D eigenvalue weighted by molar-refractivity contribution is -0.143. The van der Waals surface area contributed by atoms with Gasteiger partial charge in [-0.1, -0.05) is 47.0 Å². The van der Waals surface area contributed by atoms with Crippen molar-refractivity contribution in [3.05, 3.63) is 0 Å². The zero-order valence-corrected chi connectivity index (χ0v) is 21.4. The number of rotatable bonds is 9. The molecule has 4 aliphatic rings. The van der Waals surface area contributed by atoms with Crippen molar-refractivity contribution in [1.82, 2.24) is 0 Å². The molecule has 3 nitrogen and oxygen atoms in total. The molecule has 0 aliphatic heterocycles. The fraction of sp³-hybridized carbons (Fsp3) is 0.966. The van der Waals surface area contributed by atoms with E-state index in [0.29, 0.717) is 23.5 Å². The molecule has 0 saturated heterocycles. The van der Waals surface area contributed by atoms with E-state index in [1.165, 1.54) is 77.0 Å². The van der Waals surface area contributed by atoms with Crippen LogP contribution in [0.4, 0.5) is 0 Å². The number of ether oxygens (including phenoxy) is 1. The Labute approximate surface area is 197 Å². The Morgan fingerprint density at radius 2 is 1.72 bits per heavy atom. The maximum atomic E-state index is 10.8. The van der Waals surface area contributed by atoms with Crippen LogP contribution in [0.15, 0.2) is 0 Å². The minimum Gasteiger partial charge on any atom is -0.481 e. The van der Waals surface area contributed by atoms with Gasteiger partial charge >= 0.3 is 5.97 Å². The number of hydrogen-bond acceptors (Lipinski definition) is 2. The lowest BCUT2D eigenvalue weighted by Gasteiger charge is -2.61. The maximum absolute atomic E-state index is 10.8. The van der Waals surface area contributed by atoms with Gasteiger partial charge in [-0.25, -0.2) is 0 Å². The summed E-state index contributed by atoms with van der Waals surface area (Å²) in [4.78, 5) is 10.8. The summed E-state index contributed by atoms with van der Waals surface area (Å²) in [5.41, 5.74) is 1.10. The zero-order chi connectivity index (χ0) is 22.9. The molecule has 1 unspecified atom stereocenters. The first kappa shape index (κ1) is 24.6. The second-order valence-electron chi connectivity index (χ2n) is 13.1. The molecule has 0 aromatic carbocycles. The van der Waals surface area contributed by atoms with Gasteiger partial charge in [-0.2, -0.15) is 0 Å². The van der Waals surface area contributed by atoms with Crippen LogP contribution in [0.5, 0.6) is 0 Å². The van der Waals surface area contributed by atoms with E-state index in [-0.39, 0.29) is 6.42 Å². The summed E-state index contributed by atoms with van der Waals surface area (Å²) in [6, 6.07) is 0. The van der Waals surface area contributed by atoms with E-state index in [1.807, 2.05) is 0 Å². The molecule has 1 N–H and O–H groups in total. The van der Waals surface area contributed by atoms with Gasteiger partial charge in [-0.3, -0.25) is 4.79 Å². The van der Waals surface area contributed by atoms with Crippen molar-refractivity contribution in [1.29, 1.82) is 0 Å². The largest absolute Gasteiger partial charge is 0.481 e. The summed E-state index contributed by atoms with van der Waals surface area (Å²) >= 11 is 0. The molecule has 3 heteroatoms. The quantitative estimate of drug-likeness (QED) is 0.369. The Morgan fingerprint density at radius 1 is 0.969 bits per heavy atom. The first-order valence-electron chi connectivity index (χ1n) is 14.1. The second-order valence-corrected chi connectivity index (χ2v) is 13.1. The monoisotopic (exact) mass is 446 g/mol. The number of carboxylic acid groups (broad SMARTS) is 1. The summed E-state index contributed by atoms with van der Waals surface area (Å²) in [6.07, 6.45) is 18.5. The predicted molar refractivity (Wildman–Crippen MR) is 131 cm³/mol. The Hall–Kier alpha value is -0.570. The molecule has 0 radical (unpaired) electrons. The van der Waals surface area contributed by atoms with Gasteiger partial charge in [0.1, 0.15) is 0 Å². The van der Waals surface area contributed by atoms with Crippen LogP contribution in [-0.4, -0.2) is 23.8 Å². The minimum absolute atomic E-state index is 0.141. The fourth-order valence-corrected chi connectivity index (χ4v) is 9.21. The van der Waals surface area contributed by atoms with Gasteiger partial charge in [0.2, 0.25) is 0 Å². The molecule has 184 valence electrons. The van der Waals surface area contributed by atoms with Gasteiger partial charge in [-0.05, 0) is 111 Å². The van der Waals surface area contributed by atoms with E-state index < -0.39 is 5.97 Å². The number of fused-ring (bicyclic) bond motifs is 5. The van der Waals surface area contributed by atoms with Crippen LogP contribution >= 0.6 is 0 Å². The molecule has 8 atom stereocenters. The van der Waals surface area contributed by atoms with Crippen LogP contribution in [0.25, 0.3) is 0 Å². The molecule has 0 bridgehead atoms. The molecule has 4 rings (SSSR count). The van der Waals surface area contributed by atoms with E-state index in [0.717, 1.165) is 41.9 Å². The second kappa shape index (κ2) is 9.96. The Kier molecular flexibility index (Phi) is 7.64. The number of carbonyl (C=O) groups is 1. The van der Waals surface area contributed by atoms with Gasteiger partial charge in [0, 0.05) is 0 Å². The summed E-state index contributed by atoms with van der Waals surface area (Å²) in [6.45, 7) is 10.4. The molecule has 0 aromatic heterocycles. The van der Waals surface area contributed by atoms with E-state index in [9.17, 15) is 4.79 Å². The predicted octanol–water partition coefficient (Wildman–Crippen LogP) is 7.72. The van der Waals surface area contributed by atoms with Crippen LogP contribution in [-0.2, 0) is 9.53 Å². The summed E-state index contributed by atoms with van der Waals surface area (Å²) in [7, 11) is 0. The number of unbranched alkanes of at least 4 members (excludes halogenated alkanes) is 1. The molecule has 32 heavy (non-hydrogen) atoms. The number of aliphatic carboxylic acids is 1. The summed E-state index contributed by atoms with van der Waals surface area (Å²) in [5, 5.41) is 8.92. The molecule has 4 saturated carbocycles. The highest BCUT2D eigenvalue weighted by Gasteiger charge is 2.59. The third-order valence-electron chi connectivity index (χ3n) is 11.1. The van der Waals surface area contributed by atoms with Gasteiger partial charge < -0.3 is 9.84 Å². The maximum Gasteiger partial charge on any atom is 0.305 e. The van der Waals surface area contributed by atoms with Gasteiger partial charge in [-0.15, -0.1) is 0 Å². The third-order valence-corrected chi connectivity index (χ3v) is 11.1. The molecular formula is C29H50O3. The Balaban J connectivity index is 1.35. The van der Waals surface area contributed by atoms with Crippen molar-refractivity contribution in [2.45, 2.75) is 124 Å². The van der Waals surface area contributed by atoms with Crippen LogP contribution in [0, 0.1) is 46.3 Å². The average molecular weight is 447 g/mol. The smallest absolute Gasteiger partial charge is 0.305 e. The summed E-state index contributed by atoms with van der Waals surface area (Å²) < 4.78 is 6.00. The van der Waals surface area contributed by atoms with Crippen molar-refractivity contribution < 1.29 is 14.6 Å². The van der Waals surface area contributed by atoms with E-state index in [2.05, 4.69) is 27.7 Å². The first-order valence-corrected chi connectivity index (χ1v) is 14.1. The molecule has 0 aromatic rings. The normalized spacial score (nSPS) is 43.5. The number of carboxylic acids is 1. The Morgan fingerprint density at radius 3 is 2.47 bits per heavy atom. The topological polar surface area (TPSA) is 46.5 Å². The molecule has 0 spiro atoms. The third kappa shape index (κ3) is 4.80. The SMILES string of the molecule is CC(C)CCCC[C@H]1CC[C@H]2C3CC[C@H]4C[C@@H](OCCC(=O)O)CC[C@]4(C)[C@H]3CC[C@]12C. The van der Waals surface area contributed by atoms with Crippen molar-refractivity contribution >= 4 is 5.97 Å². The van der Waals surface area contributed by atoms with Crippen LogP contribution in [0.3, 0.4) is 0 Å². The highest BCUT2D eigenvalue weighted by molar-refractivity contribution is 5.66. The van der Waals surface area contributed by atoms with E-state index >= 15 is 0 Å². The van der Waals surface area contributed by atoms with Gasteiger partial charge in [0.05, 0.1) is 19.1 Å². The van der Waals surface area contributed by atoms with Crippen molar-refractivity contribution in [2.75, 3.05) is 6.61 Å². The van der Waals surface area contributed by atoms with E-state index in [4.69, 9.17) is 9.84 Å². The molecular weight excluding hydrogens is 396 g/mol. The highest BCUT2D eigenvalue weighted by atomic mass is 16.5. The van der Waals surface area contributed by atoms with Gasteiger partial charge in [0.15, 0.2) is 0 Å². The van der Waals surface area contributed by atoms with Crippen molar-refractivity contribution in [3.8, 4) is 0 Å². The lowest BCUT2D eigenvalue weighted by atomic mass is 9.44. The first-order chi connectivity index (χ1) is 15.2. The van der Waals surface area contributed by atoms with Crippen molar-refractivity contribution in [2.24, 2.45) is 46.3 Å². The molecule has 4 aliphatic carbocycles. The van der Waals surface area contributed by atoms with Gasteiger partial charge in [0.25, 0.3) is 0 Å². The van der Waals surface area contributed by atoms with Crippen LogP contribution in [0.1, 0.15) is 118 Å². The molecule has 0 heterocycles. The Bertz CT molecular complexity index is 644. The van der Waals surface area contributed by atoms with Crippen LogP contribution < -0.4 is 0 Å². The standard InChI is InChI=1S/C29H50O3/c1-20(2)7-5-6-8-21-10-12-25-24-11-9-22-19-23(32-18-15-27(30)31)13-16-29(22,4)26(24)14-17-28(21,25)3/h20-26H,5-19H2,1-4H3,(H,30,31)/t21-,22-,23-,24?,25-,26-,28+,29-/m0/s1. The lowest BCUT2D eigenvalue weighted by Crippen LogP contribution is -2.54. The van der Waals surface area contributed by atoms with E-state index in [1.54, 1.807) is 0 Å². The molecule has 0 amide bonds. The molecule has 4 fully saturated rings.